The highest BCUT2D eigenvalue weighted by Crippen LogP contribution is 2.52. The number of pyridine rings is 1. The molecule has 3 saturated carbocycles. The number of nitrogens with zero attached hydrogens (tertiary/aromatic N) is 5. The minimum absolute atomic E-state index is 0.00712. The molecular formula is C23H25FN6. The molecule has 0 atom stereocenters. The van der Waals surface area contributed by atoms with Crippen molar-refractivity contribution in [2.75, 3.05) is 0 Å². The van der Waals surface area contributed by atoms with Gasteiger partial charge in [-0.1, -0.05) is 0 Å². The van der Waals surface area contributed by atoms with Gasteiger partial charge in [-0.2, -0.15) is 5.10 Å². The first-order chi connectivity index (χ1) is 14.3. The van der Waals surface area contributed by atoms with Crippen LogP contribution in [0.3, 0.4) is 0 Å². The molecule has 0 aromatic carbocycles. The van der Waals surface area contributed by atoms with Crippen molar-refractivity contribution in [3.63, 3.8) is 0 Å². The van der Waals surface area contributed by atoms with Gasteiger partial charge in [-0.15, -0.1) is 0 Å². The second kappa shape index (κ2) is 5.88. The average molecular weight is 404 g/mol. The molecule has 30 heavy (non-hydrogen) atoms. The molecule has 3 aliphatic rings. The molecule has 3 aliphatic carbocycles. The normalized spacial score (nSPS) is 26.1. The lowest BCUT2D eigenvalue weighted by Crippen LogP contribution is -2.53. The molecule has 7 heteroatoms. The Hall–Kier alpha value is -2.80. The van der Waals surface area contributed by atoms with Gasteiger partial charge in [-0.25, -0.2) is 18.9 Å². The van der Waals surface area contributed by atoms with Gasteiger partial charge in [0.1, 0.15) is 0 Å². The molecular weight excluding hydrogens is 379 g/mol. The molecule has 4 aromatic heterocycles. The molecule has 3 fully saturated rings. The van der Waals surface area contributed by atoms with Gasteiger partial charge in [0.15, 0.2) is 17.1 Å². The molecule has 0 amide bonds. The van der Waals surface area contributed by atoms with Crippen molar-refractivity contribution in [3.05, 3.63) is 53.5 Å². The van der Waals surface area contributed by atoms with Crippen molar-refractivity contribution in [2.45, 2.75) is 63.3 Å². The topological polar surface area (TPSA) is 73.5 Å². The summed E-state index contributed by atoms with van der Waals surface area (Å²) in [7, 11) is 0. The maximum absolute atomic E-state index is 15.1. The van der Waals surface area contributed by atoms with Crippen LogP contribution in [0.25, 0.3) is 22.6 Å². The highest BCUT2D eigenvalue weighted by Gasteiger charge is 2.48. The van der Waals surface area contributed by atoms with E-state index in [1.807, 2.05) is 42.9 Å². The van der Waals surface area contributed by atoms with Gasteiger partial charge in [0.2, 0.25) is 0 Å². The SMILES string of the molecule is Cc1cn2nc(-c3cc(F)c4nc(C56CCC(N)(CC5)CC6)cn4c3)cc(C)c2n1. The zero-order chi connectivity index (χ0) is 20.7. The Bertz CT molecular complexity index is 1290. The van der Waals surface area contributed by atoms with E-state index in [0.717, 1.165) is 72.4 Å². The summed E-state index contributed by atoms with van der Waals surface area (Å²) in [4.78, 5) is 9.24. The van der Waals surface area contributed by atoms with Crippen LogP contribution < -0.4 is 5.73 Å². The van der Waals surface area contributed by atoms with E-state index in [2.05, 4.69) is 10.1 Å². The first kappa shape index (κ1) is 18.0. The predicted octanol–water partition coefficient (Wildman–Crippen LogP) is 4.10. The fourth-order valence-electron chi connectivity index (χ4n) is 5.44. The fourth-order valence-corrected chi connectivity index (χ4v) is 5.44. The Kier molecular flexibility index (Phi) is 3.53. The zero-order valence-corrected chi connectivity index (χ0v) is 17.3. The minimum Gasteiger partial charge on any atom is -0.325 e. The highest BCUT2D eigenvalue weighted by atomic mass is 19.1. The number of fused-ring (bicyclic) bond motifs is 5. The molecule has 0 aliphatic heterocycles. The van der Waals surface area contributed by atoms with E-state index in [0.29, 0.717) is 5.65 Å². The smallest absolute Gasteiger partial charge is 0.173 e. The number of hydrogen-bond acceptors (Lipinski definition) is 4. The predicted molar refractivity (Wildman–Crippen MR) is 113 cm³/mol. The lowest BCUT2D eigenvalue weighted by atomic mass is 9.56. The summed E-state index contributed by atoms with van der Waals surface area (Å²) in [5.74, 6) is -0.323. The lowest BCUT2D eigenvalue weighted by molar-refractivity contribution is 0.104. The maximum Gasteiger partial charge on any atom is 0.173 e. The number of hydrogen-bond donors (Lipinski definition) is 1. The maximum atomic E-state index is 15.1. The third-order valence-corrected chi connectivity index (χ3v) is 7.38. The summed E-state index contributed by atoms with van der Waals surface area (Å²) in [6, 6.07) is 3.50. The summed E-state index contributed by atoms with van der Waals surface area (Å²) in [5, 5.41) is 4.66. The van der Waals surface area contributed by atoms with Crippen LogP contribution in [0.5, 0.6) is 0 Å². The third kappa shape index (κ3) is 2.54. The van der Waals surface area contributed by atoms with Crippen molar-refractivity contribution < 1.29 is 4.39 Å². The molecule has 4 aromatic rings. The van der Waals surface area contributed by atoms with Crippen molar-refractivity contribution in [3.8, 4) is 11.3 Å². The molecule has 7 rings (SSSR count). The Balaban J connectivity index is 1.45. The van der Waals surface area contributed by atoms with Crippen LogP contribution in [0, 0.1) is 19.7 Å². The zero-order valence-electron chi connectivity index (χ0n) is 17.3. The van der Waals surface area contributed by atoms with Crippen molar-refractivity contribution in [1.82, 2.24) is 24.0 Å². The van der Waals surface area contributed by atoms with Gasteiger partial charge < -0.3 is 10.1 Å². The van der Waals surface area contributed by atoms with E-state index in [9.17, 15) is 0 Å². The molecule has 2 N–H and O–H groups in total. The summed E-state index contributed by atoms with van der Waals surface area (Å²) in [6.07, 6.45) is 12.0. The van der Waals surface area contributed by atoms with Gasteiger partial charge >= 0.3 is 0 Å². The Morgan fingerprint density at radius 2 is 1.67 bits per heavy atom. The average Bonchev–Trinajstić information content (AvgIpc) is 3.33. The van der Waals surface area contributed by atoms with Crippen LogP contribution in [0.1, 0.15) is 55.5 Å². The van der Waals surface area contributed by atoms with Crippen LogP contribution in [0.15, 0.2) is 30.7 Å². The third-order valence-electron chi connectivity index (χ3n) is 7.38. The van der Waals surface area contributed by atoms with E-state index >= 15 is 4.39 Å². The standard InChI is InChI=1S/C23H25FN6/c1-14-9-18(28-30-11-15(2)26-20(14)30)16-10-17(24)21-27-19(13-29(21)12-16)22-3-6-23(25,7-4-22)8-5-22/h9-13H,3-8,25H2,1-2H3. The largest absolute Gasteiger partial charge is 0.325 e. The molecule has 0 unspecified atom stereocenters. The molecule has 154 valence electrons. The van der Waals surface area contributed by atoms with Crippen LogP contribution in [-0.2, 0) is 5.41 Å². The molecule has 2 bridgehead atoms. The Morgan fingerprint density at radius 3 is 2.40 bits per heavy atom. The number of halogens is 1. The molecule has 0 saturated heterocycles. The summed E-state index contributed by atoms with van der Waals surface area (Å²) < 4.78 is 18.7. The quantitative estimate of drug-likeness (QED) is 0.546. The van der Waals surface area contributed by atoms with Gasteiger partial charge in [-0.05, 0) is 70.1 Å². The summed E-state index contributed by atoms with van der Waals surface area (Å²) in [5.41, 5.74) is 12.1. The highest BCUT2D eigenvalue weighted by molar-refractivity contribution is 5.64. The number of imidazole rings is 2. The molecule has 6 nitrogen and oxygen atoms in total. The Morgan fingerprint density at radius 1 is 0.933 bits per heavy atom. The number of rotatable bonds is 2. The lowest BCUT2D eigenvalue weighted by Gasteiger charge is -2.51. The van der Waals surface area contributed by atoms with Crippen LogP contribution in [0.2, 0.25) is 0 Å². The van der Waals surface area contributed by atoms with E-state index < -0.39 is 0 Å². The minimum atomic E-state index is -0.323. The second-order valence-corrected chi connectivity index (χ2v) is 9.44. The monoisotopic (exact) mass is 404 g/mol. The Labute approximate surface area is 173 Å². The number of aryl methyl sites for hydroxylation is 2. The molecule has 4 heterocycles. The first-order valence-electron chi connectivity index (χ1n) is 10.7. The van der Waals surface area contributed by atoms with Gasteiger partial charge in [-0.3, -0.25) is 0 Å². The fraction of sp³-hybridized carbons (Fsp3) is 0.435. The van der Waals surface area contributed by atoms with E-state index in [-0.39, 0.29) is 16.8 Å². The van der Waals surface area contributed by atoms with E-state index in [1.165, 1.54) is 6.07 Å². The van der Waals surface area contributed by atoms with Crippen LogP contribution in [0.4, 0.5) is 4.39 Å². The summed E-state index contributed by atoms with van der Waals surface area (Å²) >= 11 is 0. The summed E-state index contributed by atoms with van der Waals surface area (Å²) in [6.45, 7) is 3.94. The first-order valence-corrected chi connectivity index (χ1v) is 10.7. The van der Waals surface area contributed by atoms with Crippen molar-refractivity contribution in [2.24, 2.45) is 5.73 Å². The van der Waals surface area contributed by atoms with Gasteiger partial charge in [0, 0.05) is 28.9 Å². The molecule has 0 spiro atoms. The van der Waals surface area contributed by atoms with Crippen LogP contribution >= 0.6 is 0 Å². The van der Waals surface area contributed by atoms with Crippen molar-refractivity contribution >= 4 is 11.3 Å². The molecule has 0 radical (unpaired) electrons. The number of aromatic nitrogens is 5. The van der Waals surface area contributed by atoms with E-state index in [1.54, 1.807) is 4.52 Å². The van der Waals surface area contributed by atoms with E-state index in [4.69, 9.17) is 10.7 Å². The number of nitrogens with two attached hydrogens (primary N) is 1. The van der Waals surface area contributed by atoms with Crippen LogP contribution in [-0.4, -0.2) is 29.5 Å². The van der Waals surface area contributed by atoms with Gasteiger partial charge in [0.05, 0.1) is 23.3 Å². The van der Waals surface area contributed by atoms with Gasteiger partial charge in [0.25, 0.3) is 0 Å². The van der Waals surface area contributed by atoms with Crippen molar-refractivity contribution in [1.29, 1.82) is 0 Å². The second-order valence-electron chi connectivity index (χ2n) is 9.44.